The molecule has 2 aromatic carbocycles. The summed E-state index contributed by atoms with van der Waals surface area (Å²) >= 11 is 3.31. The topological polar surface area (TPSA) is 64.3 Å². The molecule has 2 aromatic rings. The van der Waals surface area contributed by atoms with Gasteiger partial charge in [0.25, 0.3) is 5.91 Å². The normalized spacial score (nSPS) is 10.1. The fourth-order valence-corrected chi connectivity index (χ4v) is 2.09. The van der Waals surface area contributed by atoms with Crippen molar-refractivity contribution in [2.45, 2.75) is 6.92 Å². The zero-order valence-corrected chi connectivity index (χ0v) is 12.6. The quantitative estimate of drug-likeness (QED) is 0.842. The first kappa shape index (κ1) is 14.4. The Balaban J connectivity index is 1.92. The number of nitrogens with one attached hydrogen (secondary N) is 1. The van der Waals surface area contributed by atoms with Crippen molar-refractivity contribution in [3.05, 3.63) is 52.5 Å². The number of carbonyl (C=O) groups is 1. The monoisotopic (exact) mass is 334 g/mol. The van der Waals surface area contributed by atoms with Gasteiger partial charge >= 0.3 is 0 Å². The minimum atomic E-state index is -0.224. The molecule has 0 radical (unpaired) electrons. The lowest BCUT2D eigenvalue weighted by Crippen LogP contribution is -2.20. The molecule has 0 aliphatic rings. The molecule has 0 unspecified atom stereocenters. The number of halogens is 1. The summed E-state index contributed by atoms with van der Waals surface area (Å²) in [4.78, 5) is 11.8. The summed E-state index contributed by atoms with van der Waals surface area (Å²) in [5.74, 6) is 0.269. The highest BCUT2D eigenvalue weighted by molar-refractivity contribution is 9.10. The molecule has 0 fully saturated rings. The minimum Gasteiger partial charge on any atom is -0.482 e. The molecule has 2 rings (SSSR count). The third-order valence-corrected chi connectivity index (χ3v) is 3.13. The molecule has 0 saturated carbocycles. The minimum absolute atomic E-state index is 0.0836. The van der Waals surface area contributed by atoms with E-state index in [0.29, 0.717) is 11.4 Å². The molecule has 4 nitrogen and oxygen atoms in total. The van der Waals surface area contributed by atoms with Crippen LogP contribution in [0.5, 0.6) is 5.75 Å². The van der Waals surface area contributed by atoms with E-state index in [1.54, 1.807) is 12.1 Å². The van der Waals surface area contributed by atoms with Crippen molar-refractivity contribution in [2.24, 2.45) is 0 Å². The van der Waals surface area contributed by atoms with Crippen LogP contribution in [0.25, 0.3) is 0 Å². The Morgan fingerprint density at radius 2 is 2.10 bits per heavy atom. The van der Waals surface area contributed by atoms with Crippen molar-refractivity contribution in [3.63, 3.8) is 0 Å². The molecule has 20 heavy (non-hydrogen) atoms. The maximum Gasteiger partial charge on any atom is 0.262 e. The Hall–Kier alpha value is -2.01. The largest absolute Gasteiger partial charge is 0.482 e. The van der Waals surface area contributed by atoms with Crippen LogP contribution in [0.15, 0.2) is 46.9 Å². The van der Waals surface area contributed by atoms with Crippen LogP contribution >= 0.6 is 15.9 Å². The molecule has 0 saturated heterocycles. The van der Waals surface area contributed by atoms with Crippen LogP contribution in [0.2, 0.25) is 0 Å². The summed E-state index contributed by atoms with van der Waals surface area (Å²) in [5.41, 5.74) is 8.12. The van der Waals surface area contributed by atoms with Crippen LogP contribution in [0.1, 0.15) is 5.56 Å². The maximum atomic E-state index is 11.8. The second-order valence-electron chi connectivity index (χ2n) is 4.39. The molecule has 0 atom stereocenters. The summed E-state index contributed by atoms with van der Waals surface area (Å²) in [6, 6.07) is 12.8. The molecular weight excluding hydrogens is 320 g/mol. The van der Waals surface area contributed by atoms with Crippen molar-refractivity contribution in [3.8, 4) is 5.75 Å². The average molecular weight is 335 g/mol. The number of hydrogen-bond donors (Lipinski definition) is 2. The van der Waals surface area contributed by atoms with E-state index in [1.165, 1.54) is 0 Å². The van der Waals surface area contributed by atoms with E-state index < -0.39 is 0 Å². The number of amides is 1. The number of aryl methyl sites for hydroxylation is 1. The summed E-state index contributed by atoms with van der Waals surface area (Å²) in [6.07, 6.45) is 0. The summed E-state index contributed by atoms with van der Waals surface area (Å²) < 4.78 is 6.27. The van der Waals surface area contributed by atoms with Gasteiger partial charge in [-0.05, 0) is 42.8 Å². The Morgan fingerprint density at radius 3 is 2.80 bits per heavy atom. The SMILES string of the molecule is Cc1cccc(NC(=O)COc2ccc(Br)cc2N)c1. The summed E-state index contributed by atoms with van der Waals surface area (Å²) in [6.45, 7) is 1.88. The van der Waals surface area contributed by atoms with E-state index in [9.17, 15) is 4.79 Å². The summed E-state index contributed by atoms with van der Waals surface area (Å²) in [7, 11) is 0. The highest BCUT2D eigenvalue weighted by Crippen LogP contribution is 2.25. The molecule has 0 aliphatic heterocycles. The van der Waals surface area contributed by atoms with E-state index in [4.69, 9.17) is 10.5 Å². The number of benzene rings is 2. The molecule has 0 aromatic heterocycles. The lowest BCUT2D eigenvalue weighted by molar-refractivity contribution is -0.118. The Kier molecular flexibility index (Phi) is 4.63. The smallest absolute Gasteiger partial charge is 0.262 e. The van der Waals surface area contributed by atoms with Gasteiger partial charge in [-0.2, -0.15) is 0 Å². The highest BCUT2D eigenvalue weighted by atomic mass is 79.9. The van der Waals surface area contributed by atoms with Gasteiger partial charge in [0.15, 0.2) is 6.61 Å². The van der Waals surface area contributed by atoms with Crippen LogP contribution in [0.3, 0.4) is 0 Å². The maximum absolute atomic E-state index is 11.8. The van der Waals surface area contributed by atoms with Crippen LogP contribution in [-0.4, -0.2) is 12.5 Å². The third-order valence-electron chi connectivity index (χ3n) is 2.63. The van der Waals surface area contributed by atoms with Crippen LogP contribution in [0, 0.1) is 6.92 Å². The number of nitrogen functional groups attached to an aromatic ring is 1. The molecular formula is C15H15BrN2O2. The molecule has 3 N–H and O–H groups in total. The van der Waals surface area contributed by atoms with Crippen LogP contribution in [0.4, 0.5) is 11.4 Å². The van der Waals surface area contributed by atoms with Gasteiger partial charge in [-0.25, -0.2) is 0 Å². The first-order valence-corrected chi connectivity index (χ1v) is 6.88. The van der Waals surface area contributed by atoms with Crippen molar-refractivity contribution >= 4 is 33.2 Å². The fraction of sp³-hybridized carbons (Fsp3) is 0.133. The number of hydrogen-bond acceptors (Lipinski definition) is 3. The molecule has 0 spiro atoms. The standard InChI is InChI=1S/C15H15BrN2O2/c1-10-3-2-4-12(7-10)18-15(19)9-20-14-6-5-11(16)8-13(14)17/h2-8H,9,17H2,1H3,(H,18,19). The van der Waals surface area contributed by atoms with Gasteiger partial charge < -0.3 is 15.8 Å². The average Bonchev–Trinajstić information content (AvgIpc) is 2.37. The van der Waals surface area contributed by atoms with Gasteiger partial charge in [0.2, 0.25) is 0 Å². The van der Waals surface area contributed by atoms with Gasteiger partial charge in [0.05, 0.1) is 5.69 Å². The first-order chi connectivity index (χ1) is 9.54. The second kappa shape index (κ2) is 6.43. The lowest BCUT2D eigenvalue weighted by Gasteiger charge is -2.10. The number of rotatable bonds is 4. The van der Waals surface area contributed by atoms with Crippen molar-refractivity contribution in [1.29, 1.82) is 0 Å². The summed E-state index contributed by atoms with van der Waals surface area (Å²) in [5, 5.41) is 2.77. The van der Waals surface area contributed by atoms with E-state index in [-0.39, 0.29) is 12.5 Å². The molecule has 0 heterocycles. The number of nitrogens with two attached hydrogens (primary N) is 1. The van der Waals surface area contributed by atoms with Gasteiger partial charge in [0, 0.05) is 10.2 Å². The Morgan fingerprint density at radius 1 is 1.30 bits per heavy atom. The van der Waals surface area contributed by atoms with E-state index in [0.717, 1.165) is 15.7 Å². The molecule has 1 amide bonds. The van der Waals surface area contributed by atoms with Gasteiger partial charge in [0.1, 0.15) is 5.75 Å². The Labute approximate surface area is 126 Å². The van der Waals surface area contributed by atoms with Crippen molar-refractivity contribution < 1.29 is 9.53 Å². The molecule has 0 aliphatic carbocycles. The third kappa shape index (κ3) is 3.99. The van der Waals surface area contributed by atoms with Gasteiger partial charge in [-0.15, -0.1) is 0 Å². The van der Waals surface area contributed by atoms with Crippen molar-refractivity contribution in [2.75, 3.05) is 17.7 Å². The number of ether oxygens (including phenoxy) is 1. The van der Waals surface area contributed by atoms with E-state index in [2.05, 4.69) is 21.2 Å². The Bertz CT molecular complexity index is 629. The molecule has 0 bridgehead atoms. The van der Waals surface area contributed by atoms with Crippen LogP contribution < -0.4 is 15.8 Å². The fourth-order valence-electron chi connectivity index (χ4n) is 1.71. The highest BCUT2D eigenvalue weighted by Gasteiger charge is 2.06. The second-order valence-corrected chi connectivity index (χ2v) is 5.30. The van der Waals surface area contributed by atoms with E-state index >= 15 is 0 Å². The predicted octanol–water partition coefficient (Wildman–Crippen LogP) is 3.36. The first-order valence-electron chi connectivity index (χ1n) is 6.09. The number of anilines is 2. The lowest BCUT2D eigenvalue weighted by atomic mass is 10.2. The zero-order chi connectivity index (χ0) is 14.5. The predicted molar refractivity (Wildman–Crippen MR) is 83.9 cm³/mol. The van der Waals surface area contributed by atoms with Gasteiger partial charge in [-0.1, -0.05) is 28.1 Å². The van der Waals surface area contributed by atoms with Crippen molar-refractivity contribution in [1.82, 2.24) is 0 Å². The van der Waals surface area contributed by atoms with Crippen LogP contribution in [-0.2, 0) is 4.79 Å². The van der Waals surface area contributed by atoms with E-state index in [1.807, 2.05) is 37.3 Å². The van der Waals surface area contributed by atoms with Gasteiger partial charge in [-0.3, -0.25) is 4.79 Å². The molecule has 5 heteroatoms. The zero-order valence-electron chi connectivity index (χ0n) is 11.0. The number of carbonyl (C=O) groups excluding carboxylic acids is 1. The molecule has 104 valence electrons.